The van der Waals surface area contributed by atoms with Crippen molar-refractivity contribution in [3.63, 3.8) is 0 Å². The van der Waals surface area contributed by atoms with E-state index in [0.717, 1.165) is 31.8 Å². The number of fused-ring (bicyclic) bond motifs is 1. The first-order valence-corrected chi connectivity index (χ1v) is 11.8. The SMILES string of the molecule is C[Si](C)(C)CCOCn1cnc2c1CN(C[C@@H](O)CN)CC2. The zero-order valence-corrected chi connectivity index (χ0v) is 15.1. The maximum Gasteiger partial charge on any atom is 0.124 e. The molecule has 7 heteroatoms. The predicted molar refractivity (Wildman–Crippen MR) is 90.4 cm³/mol. The third-order valence-corrected chi connectivity index (χ3v) is 5.74. The molecule has 0 radical (unpaired) electrons. The van der Waals surface area contributed by atoms with E-state index in [0.29, 0.717) is 19.8 Å². The highest BCUT2D eigenvalue weighted by Crippen LogP contribution is 2.18. The van der Waals surface area contributed by atoms with Crippen LogP contribution in [-0.4, -0.2) is 60.0 Å². The second-order valence-corrected chi connectivity index (χ2v) is 13.0. The van der Waals surface area contributed by atoms with Crippen LogP contribution in [0.3, 0.4) is 0 Å². The van der Waals surface area contributed by atoms with Gasteiger partial charge in [0.25, 0.3) is 0 Å². The number of aliphatic hydroxyl groups excluding tert-OH is 1. The van der Waals surface area contributed by atoms with Gasteiger partial charge in [-0.25, -0.2) is 4.98 Å². The molecule has 1 aliphatic heterocycles. The lowest BCUT2D eigenvalue weighted by molar-refractivity contribution is 0.0782. The van der Waals surface area contributed by atoms with Crippen molar-refractivity contribution in [1.82, 2.24) is 14.5 Å². The van der Waals surface area contributed by atoms with Gasteiger partial charge < -0.3 is 20.1 Å². The smallest absolute Gasteiger partial charge is 0.124 e. The third-order valence-electron chi connectivity index (χ3n) is 4.04. The van der Waals surface area contributed by atoms with Crippen LogP contribution in [0.15, 0.2) is 6.33 Å². The Bertz CT molecular complexity index is 473. The first-order chi connectivity index (χ1) is 10.4. The Morgan fingerprint density at radius 2 is 2.23 bits per heavy atom. The second-order valence-electron chi connectivity index (χ2n) is 7.33. The summed E-state index contributed by atoms with van der Waals surface area (Å²) in [4.78, 5) is 6.73. The Balaban J connectivity index is 1.87. The van der Waals surface area contributed by atoms with E-state index in [2.05, 4.69) is 34.1 Å². The molecule has 0 unspecified atom stereocenters. The van der Waals surface area contributed by atoms with Crippen molar-refractivity contribution in [2.45, 2.75) is 51.5 Å². The van der Waals surface area contributed by atoms with E-state index in [1.165, 1.54) is 11.7 Å². The Hall–Kier alpha value is -0.733. The molecule has 0 spiro atoms. The monoisotopic (exact) mass is 326 g/mol. The molecule has 0 aromatic carbocycles. The molecule has 3 N–H and O–H groups in total. The van der Waals surface area contributed by atoms with Gasteiger partial charge in [0.05, 0.1) is 23.8 Å². The number of nitrogens with two attached hydrogens (primary N) is 1. The molecule has 1 atom stereocenters. The molecule has 0 saturated heterocycles. The Labute approximate surface area is 134 Å². The summed E-state index contributed by atoms with van der Waals surface area (Å²) in [6, 6.07) is 1.18. The topological polar surface area (TPSA) is 76.5 Å². The minimum atomic E-state index is -1.04. The molecule has 0 saturated carbocycles. The van der Waals surface area contributed by atoms with Crippen LogP contribution in [0.2, 0.25) is 25.7 Å². The maximum atomic E-state index is 9.72. The fourth-order valence-electron chi connectivity index (χ4n) is 2.58. The van der Waals surface area contributed by atoms with Crippen molar-refractivity contribution in [2.24, 2.45) is 5.73 Å². The van der Waals surface area contributed by atoms with Crippen LogP contribution in [-0.2, 0) is 24.4 Å². The van der Waals surface area contributed by atoms with Crippen molar-refractivity contribution in [3.05, 3.63) is 17.7 Å². The lowest BCUT2D eigenvalue weighted by Crippen LogP contribution is -2.40. The predicted octanol–water partition coefficient (Wildman–Crippen LogP) is 0.873. The Morgan fingerprint density at radius 1 is 1.45 bits per heavy atom. The van der Waals surface area contributed by atoms with Crippen LogP contribution in [0.25, 0.3) is 0 Å². The van der Waals surface area contributed by atoms with Crippen LogP contribution < -0.4 is 5.73 Å². The van der Waals surface area contributed by atoms with E-state index in [-0.39, 0.29) is 0 Å². The first-order valence-electron chi connectivity index (χ1n) is 8.10. The third kappa shape index (κ3) is 5.17. The lowest BCUT2D eigenvalue weighted by atomic mass is 10.1. The standard InChI is InChI=1S/C15H30N4O2Si/c1-22(2,3)7-6-21-12-19-11-17-14-4-5-18(10-15(14)19)9-13(20)8-16/h11,13,20H,4-10,12,16H2,1-3H3/t13-/m0/s1. The van der Waals surface area contributed by atoms with E-state index in [4.69, 9.17) is 10.5 Å². The van der Waals surface area contributed by atoms with Gasteiger partial charge in [0.2, 0.25) is 0 Å². The van der Waals surface area contributed by atoms with Crippen LogP contribution in [0.5, 0.6) is 0 Å². The van der Waals surface area contributed by atoms with Gasteiger partial charge in [-0.1, -0.05) is 19.6 Å². The normalized spacial score (nSPS) is 17.5. The minimum Gasteiger partial charge on any atom is -0.390 e. The zero-order chi connectivity index (χ0) is 16.2. The van der Waals surface area contributed by atoms with Crippen molar-refractivity contribution in [3.8, 4) is 0 Å². The van der Waals surface area contributed by atoms with Gasteiger partial charge in [0, 0.05) is 47.3 Å². The zero-order valence-electron chi connectivity index (χ0n) is 14.1. The highest BCUT2D eigenvalue weighted by atomic mass is 28.3. The molecule has 22 heavy (non-hydrogen) atoms. The number of aliphatic hydroxyl groups is 1. The Kier molecular flexibility index (Phi) is 6.16. The maximum absolute atomic E-state index is 9.72. The number of hydrogen-bond donors (Lipinski definition) is 2. The van der Waals surface area contributed by atoms with E-state index >= 15 is 0 Å². The highest BCUT2D eigenvalue weighted by Gasteiger charge is 2.22. The largest absolute Gasteiger partial charge is 0.390 e. The number of ether oxygens (including phenoxy) is 1. The molecule has 0 amide bonds. The van der Waals surface area contributed by atoms with E-state index in [1.807, 2.05) is 6.33 Å². The fraction of sp³-hybridized carbons (Fsp3) is 0.800. The van der Waals surface area contributed by atoms with Gasteiger partial charge in [-0.3, -0.25) is 4.90 Å². The average molecular weight is 327 g/mol. The molecule has 1 aliphatic rings. The summed E-state index contributed by atoms with van der Waals surface area (Å²) < 4.78 is 7.93. The average Bonchev–Trinajstić information content (AvgIpc) is 2.85. The quantitative estimate of drug-likeness (QED) is 0.548. The number of aromatic nitrogens is 2. The molecule has 2 rings (SSSR count). The Morgan fingerprint density at radius 3 is 2.91 bits per heavy atom. The van der Waals surface area contributed by atoms with Crippen molar-refractivity contribution in [2.75, 3.05) is 26.2 Å². The molecular weight excluding hydrogens is 296 g/mol. The summed E-state index contributed by atoms with van der Waals surface area (Å²) in [5.41, 5.74) is 7.87. The summed E-state index contributed by atoms with van der Waals surface area (Å²) >= 11 is 0. The summed E-state index contributed by atoms with van der Waals surface area (Å²) in [5.74, 6) is 0. The van der Waals surface area contributed by atoms with E-state index in [1.54, 1.807) is 0 Å². The summed E-state index contributed by atoms with van der Waals surface area (Å²) in [6.07, 6.45) is 2.35. The molecular formula is C15H30N4O2Si. The van der Waals surface area contributed by atoms with Gasteiger partial charge in [-0.2, -0.15) is 0 Å². The second kappa shape index (κ2) is 7.70. The molecule has 1 aromatic rings. The van der Waals surface area contributed by atoms with Crippen molar-refractivity contribution in [1.29, 1.82) is 0 Å². The van der Waals surface area contributed by atoms with E-state index < -0.39 is 14.2 Å². The molecule has 0 bridgehead atoms. The number of hydrogen-bond acceptors (Lipinski definition) is 5. The van der Waals surface area contributed by atoms with Gasteiger partial charge in [-0.15, -0.1) is 0 Å². The molecule has 6 nitrogen and oxygen atoms in total. The van der Waals surface area contributed by atoms with Crippen LogP contribution in [0, 0.1) is 0 Å². The molecule has 0 aliphatic carbocycles. The number of β-amino-alcohol motifs (C(OH)–C–C–N with tert-alkyl or cyclic N) is 1. The fourth-order valence-corrected chi connectivity index (χ4v) is 3.33. The molecule has 1 aromatic heterocycles. The van der Waals surface area contributed by atoms with Crippen LogP contribution in [0.1, 0.15) is 11.4 Å². The van der Waals surface area contributed by atoms with Crippen molar-refractivity contribution < 1.29 is 9.84 Å². The van der Waals surface area contributed by atoms with Crippen LogP contribution >= 0.6 is 0 Å². The number of rotatable bonds is 8. The molecule has 126 valence electrons. The summed E-state index contributed by atoms with van der Waals surface area (Å²) in [6.45, 7) is 11.1. The van der Waals surface area contributed by atoms with E-state index in [9.17, 15) is 5.11 Å². The summed E-state index contributed by atoms with van der Waals surface area (Å²) in [5, 5.41) is 9.72. The van der Waals surface area contributed by atoms with Gasteiger partial charge in [0.15, 0.2) is 0 Å². The van der Waals surface area contributed by atoms with Gasteiger partial charge in [0.1, 0.15) is 6.73 Å². The van der Waals surface area contributed by atoms with Gasteiger partial charge >= 0.3 is 0 Å². The lowest BCUT2D eigenvalue weighted by Gasteiger charge is -2.28. The number of imidazole rings is 1. The van der Waals surface area contributed by atoms with Gasteiger partial charge in [-0.05, 0) is 6.04 Å². The number of nitrogens with zero attached hydrogens (tertiary/aromatic N) is 3. The summed E-state index contributed by atoms with van der Waals surface area (Å²) in [7, 11) is -1.04. The molecule has 2 heterocycles. The molecule has 0 fully saturated rings. The van der Waals surface area contributed by atoms with Crippen molar-refractivity contribution >= 4 is 8.07 Å². The highest BCUT2D eigenvalue weighted by molar-refractivity contribution is 6.76. The first kappa shape index (κ1) is 17.6. The van der Waals surface area contributed by atoms with Crippen LogP contribution in [0.4, 0.5) is 0 Å². The minimum absolute atomic E-state index is 0.308.